The largest absolute Gasteiger partial charge is 0.352 e. The summed E-state index contributed by atoms with van der Waals surface area (Å²) >= 11 is 0. The maximum absolute atomic E-state index is 13.3. The summed E-state index contributed by atoms with van der Waals surface area (Å²) in [6, 6.07) is 6.38. The number of nitrogens with one attached hydrogen (secondary N) is 1. The summed E-state index contributed by atoms with van der Waals surface area (Å²) in [4.78, 5) is 28.0. The van der Waals surface area contributed by atoms with Crippen molar-refractivity contribution in [2.75, 3.05) is 26.2 Å². The van der Waals surface area contributed by atoms with Gasteiger partial charge in [0.15, 0.2) is 0 Å². The van der Waals surface area contributed by atoms with E-state index in [4.69, 9.17) is 5.73 Å². The second kappa shape index (κ2) is 6.29. The summed E-state index contributed by atoms with van der Waals surface area (Å²) in [5.74, 6) is 0.332. The molecule has 6 nitrogen and oxygen atoms in total. The van der Waals surface area contributed by atoms with E-state index in [0.29, 0.717) is 12.5 Å². The molecule has 4 aliphatic heterocycles. The molecule has 3 N–H and O–H groups in total. The number of hydrogen-bond donors (Lipinski definition) is 2. The molecule has 25 heavy (non-hydrogen) atoms. The quantitative estimate of drug-likeness (QED) is 0.853. The molecule has 0 radical (unpaired) electrons. The third kappa shape index (κ3) is 2.86. The van der Waals surface area contributed by atoms with E-state index < -0.39 is 6.03 Å². The zero-order valence-corrected chi connectivity index (χ0v) is 14.0. The molecule has 0 saturated carbocycles. The van der Waals surface area contributed by atoms with Gasteiger partial charge in [-0.2, -0.15) is 0 Å². The molecule has 4 heterocycles. The Labute approximate surface area is 146 Å². The second-order valence-corrected chi connectivity index (χ2v) is 7.28. The molecule has 0 aromatic heterocycles. The molecule has 7 heteroatoms. The topological polar surface area (TPSA) is 78.7 Å². The van der Waals surface area contributed by atoms with Crippen molar-refractivity contribution in [3.8, 4) is 0 Å². The third-order valence-corrected chi connectivity index (χ3v) is 6.03. The molecule has 0 aliphatic carbocycles. The highest BCUT2D eigenvalue weighted by Gasteiger charge is 2.54. The molecule has 1 aromatic rings. The number of halogens is 1. The summed E-state index contributed by atoms with van der Waals surface area (Å²) in [5.41, 5.74) is 6.17. The molecular formula is C18H23FN4O2. The molecule has 4 aliphatic rings. The highest BCUT2D eigenvalue weighted by atomic mass is 19.1. The minimum Gasteiger partial charge on any atom is -0.352 e. The summed E-state index contributed by atoms with van der Waals surface area (Å²) < 4.78 is 13.3. The number of nitrogens with two attached hydrogens (primary N) is 1. The van der Waals surface area contributed by atoms with Gasteiger partial charge in [-0.25, -0.2) is 9.18 Å². The van der Waals surface area contributed by atoms with Gasteiger partial charge in [0, 0.05) is 18.5 Å². The van der Waals surface area contributed by atoms with Crippen molar-refractivity contribution in [1.29, 1.82) is 0 Å². The van der Waals surface area contributed by atoms with Crippen LogP contribution < -0.4 is 11.1 Å². The van der Waals surface area contributed by atoms with E-state index in [-0.39, 0.29) is 36.3 Å². The maximum atomic E-state index is 13.3. The lowest BCUT2D eigenvalue weighted by Gasteiger charge is -2.51. The first-order chi connectivity index (χ1) is 12.0. The molecule has 1 aromatic carbocycles. The number of fused-ring (bicyclic) bond motifs is 2. The molecule has 0 unspecified atom stereocenters. The lowest BCUT2D eigenvalue weighted by atomic mass is 9.75. The molecule has 3 amide bonds. The summed E-state index contributed by atoms with van der Waals surface area (Å²) in [5, 5.41) is 2.41. The first-order valence-corrected chi connectivity index (χ1v) is 8.87. The van der Waals surface area contributed by atoms with Crippen LogP contribution >= 0.6 is 0 Å². The number of hydrogen-bond acceptors (Lipinski definition) is 3. The highest BCUT2D eigenvalue weighted by Crippen LogP contribution is 2.46. The van der Waals surface area contributed by atoms with Gasteiger partial charge in [0.05, 0.1) is 12.6 Å². The van der Waals surface area contributed by atoms with Gasteiger partial charge in [0.25, 0.3) is 0 Å². The second-order valence-electron chi connectivity index (χ2n) is 7.28. The van der Waals surface area contributed by atoms with Crippen LogP contribution in [0.2, 0.25) is 0 Å². The van der Waals surface area contributed by atoms with Crippen LogP contribution in [0, 0.1) is 11.7 Å². The predicted octanol–water partition coefficient (Wildman–Crippen LogP) is 0.883. The zero-order valence-electron chi connectivity index (χ0n) is 14.0. The van der Waals surface area contributed by atoms with Crippen molar-refractivity contribution < 1.29 is 14.0 Å². The number of primary amides is 1. The Morgan fingerprint density at radius 2 is 1.84 bits per heavy atom. The van der Waals surface area contributed by atoms with Crippen LogP contribution in [0.4, 0.5) is 9.18 Å². The molecule has 3 atom stereocenters. The van der Waals surface area contributed by atoms with Gasteiger partial charge >= 0.3 is 6.03 Å². The molecule has 134 valence electrons. The molecule has 2 bridgehead atoms. The minimum absolute atomic E-state index is 0.0680. The average molecular weight is 346 g/mol. The van der Waals surface area contributed by atoms with E-state index >= 15 is 0 Å². The lowest BCUT2D eigenvalue weighted by molar-refractivity contribution is -0.134. The Morgan fingerprint density at radius 3 is 2.48 bits per heavy atom. The van der Waals surface area contributed by atoms with Crippen LogP contribution in [-0.2, 0) is 4.79 Å². The first kappa shape index (κ1) is 16.3. The van der Waals surface area contributed by atoms with Crippen LogP contribution in [0.1, 0.15) is 24.3 Å². The number of piperidine rings is 3. The van der Waals surface area contributed by atoms with E-state index in [1.165, 1.54) is 12.1 Å². The number of carbonyl (C=O) groups is 2. The molecule has 5 rings (SSSR count). The van der Waals surface area contributed by atoms with Crippen molar-refractivity contribution >= 4 is 11.9 Å². The monoisotopic (exact) mass is 346 g/mol. The smallest absolute Gasteiger partial charge is 0.312 e. The number of amides is 3. The first-order valence-electron chi connectivity index (χ1n) is 8.87. The normalized spacial score (nSPS) is 33.2. The van der Waals surface area contributed by atoms with E-state index in [1.54, 1.807) is 0 Å². The molecule has 4 fully saturated rings. The Morgan fingerprint density at radius 1 is 1.16 bits per heavy atom. The fraction of sp³-hybridized carbons (Fsp3) is 0.556. The Bertz CT molecular complexity index is 672. The molecular weight excluding hydrogens is 323 g/mol. The summed E-state index contributed by atoms with van der Waals surface area (Å²) in [7, 11) is 0. The molecule has 4 saturated heterocycles. The number of rotatable bonds is 3. The summed E-state index contributed by atoms with van der Waals surface area (Å²) in [6.45, 7) is 2.66. The average Bonchev–Trinajstić information content (AvgIpc) is 3.04. The Balaban J connectivity index is 1.62. The van der Waals surface area contributed by atoms with Crippen molar-refractivity contribution in [1.82, 2.24) is 15.1 Å². The van der Waals surface area contributed by atoms with Gasteiger partial charge in [-0.15, -0.1) is 0 Å². The van der Waals surface area contributed by atoms with Gasteiger partial charge in [0.2, 0.25) is 5.91 Å². The SMILES string of the molecule is NC(=O)NCC(=O)N1C[C@H](c2ccc(F)cc2)[C@H]2[C@@H]1C1CCN2CC1. The van der Waals surface area contributed by atoms with E-state index in [9.17, 15) is 14.0 Å². The van der Waals surface area contributed by atoms with Crippen molar-refractivity contribution in [3.63, 3.8) is 0 Å². The van der Waals surface area contributed by atoms with Crippen LogP contribution in [0.3, 0.4) is 0 Å². The molecule has 0 spiro atoms. The van der Waals surface area contributed by atoms with Gasteiger partial charge in [-0.1, -0.05) is 12.1 Å². The number of carbonyl (C=O) groups excluding carboxylic acids is 2. The third-order valence-electron chi connectivity index (χ3n) is 6.03. The zero-order chi connectivity index (χ0) is 17.6. The highest BCUT2D eigenvalue weighted by molar-refractivity contribution is 5.84. The minimum atomic E-state index is -0.687. The number of benzene rings is 1. The fourth-order valence-electron chi connectivity index (χ4n) is 4.97. The van der Waals surface area contributed by atoms with Crippen molar-refractivity contribution in [3.05, 3.63) is 35.6 Å². The van der Waals surface area contributed by atoms with E-state index in [0.717, 1.165) is 31.5 Å². The summed E-state index contributed by atoms with van der Waals surface area (Å²) in [6.07, 6.45) is 2.20. The van der Waals surface area contributed by atoms with Gasteiger partial charge in [-0.05, 0) is 49.5 Å². The van der Waals surface area contributed by atoms with Gasteiger partial charge in [-0.3, -0.25) is 9.69 Å². The standard InChI is InChI=1S/C18H23FN4O2/c19-13-3-1-11(2-4-13)14-10-23(15(24)9-21-18(20)25)16-12-5-7-22(8-6-12)17(14)16/h1-4,12,14,16-17H,5-10H2,(H3,20,21,25)/t14-,16+,17+/m1/s1. The predicted molar refractivity (Wildman–Crippen MR) is 90.3 cm³/mol. The van der Waals surface area contributed by atoms with E-state index in [2.05, 4.69) is 10.2 Å². The van der Waals surface area contributed by atoms with Crippen LogP contribution in [0.15, 0.2) is 24.3 Å². The lowest BCUT2D eigenvalue weighted by Crippen LogP contribution is -2.61. The Kier molecular flexibility index (Phi) is 4.11. The Hall–Kier alpha value is -2.15. The fourth-order valence-corrected chi connectivity index (χ4v) is 4.97. The number of likely N-dealkylation sites (tertiary alicyclic amines) is 1. The number of nitrogens with zero attached hydrogens (tertiary/aromatic N) is 2. The van der Waals surface area contributed by atoms with E-state index in [1.807, 2.05) is 17.0 Å². The number of urea groups is 1. The van der Waals surface area contributed by atoms with Crippen molar-refractivity contribution in [2.45, 2.75) is 30.8 Å². The van der Waals surface area contributed by atoms with Crippen molar-refractivity contribution in [2.24, 2.45) is 11.7 Å². The van der Waals surface area contributed by atoms with Gasteiger partial charge < -0.3 is 16.0 Å². The van der Waals surface area contributed by atoms with Crippen LogP contribution in [0.5, 0.6) is 0 Å². The van der Waals surface area contributed by atoms with Crippen LogP contribution in [0.25, 0.3) is 0 Å². The maximum Gasteiger partial charge on any atom is 0.312 e. The van der Waals surface area contributed by atoms with Gasteiger partial charge in [0.1, 0.15) is 5.82 Å². The van der Waals surface area contributed by atoms with Crippen LogP contribution in [-0.4, -0.2) is 60.0 Å².